The van der Waals surface area contributed by atoms with Gasteiger partial charge in [0.05, 0.1) is 7.11 Å². The number of ether oxygens (including phenoxy) is 1. The minimum Gasteiger partial charge on any atom is -0.494 e. The maximum absolute atomic E-state index is 15.5. The van der Waals surface area contributed by atoms with E-state index in [1.807, 2.05) is 4.90 Å². The standard InChI is InChI=1S/C23H24F3NO2/c1-29-21-11-16-10-17(22(28)18(16)12-20(21)25)13-23(26)6-8-27(9-7-23)14-15-4-2-3-5-19(15)24/h2-5,11-12,17H,6-10,13-14H2,1H3. The van der Waals surface area contributed by atoms with Crippen LogP contribution in [0.5, 0.6) is 5.75 Å². The number of carbonyl (C=O) groups is 1. The molecule has 1 unspecified atom stereocenters. The van der Waals surface area contributed by atoms with Crippen LogP contribution in [0.4, 0.5) is 13.2 Å². The van der Waals surface area contributed by atoms with Crippen LogP contribution < -0.4 is 4.74 Å². The Hall–Kier alpha value is -2.34. The third kappa shape index (κ3) is 4.04. The molecule has 1 fully saturated rings. The molecule has 3 nitrogen and oxygen atoms in total. The summed E-state index contributed by atoms with van der Waals surface area (Å²) in [6, 6.07) is 9.38. The molecule has 1 saturated heterocycles. The number of carbonyl (C=O) groups excluding carboxylic acids is 1. The highest BCUT2D eigenvalue weighted by Crippen LogP contribution is 2.40. The molecule has 1 aliphatic heterocycles. The summed E-state index contributed by atoms with van der Waals surface area (Å²) < 4.78 is 48.3. The Labute approximate surface area is 168 Å². The van der Waals surface area contributed by atoms with Gasteiger partial charge >= 0.3 is 0 Å². The molecule has 0 radical (unpaired) electrons. The van der Waals surface area contributed by atoms with E-state index >= 15 is 4.39 Å². The molecule has 2 aliphatic rings. The molecule has 0 N–H and O–H groups in total. The average molecular weight is 403 g/mol. The number of ketones is 1. The molecule has 0 amide bonds. The van der Waals surface area contributed by atoms with Gasteiger partial charge in [0.1, 0.15) is 11.5 Å². The van der Waals surface area contributed by atoms with Gasteiger partial charge in [-0.2, -0.15) is 0 Å². The highest BCUT2D eigenvalue weighted by atomic mass is 19.1. The number of nitrogens with zero attached hydrogens (tertiary/aromatic N) is 1. The van der Waals surface area contributed by atoms with Gasteiger partial charge in [0, 0.05) is 36.7 Å². The van der Waals surface area contributed by atoms with Gasteiger partial charge in [-0.25, -0.2) is 13.2 Å². The van der Waals surface area contributed by atoms with Crippen LogP contribution in [0.15, 0.2) is 36.4 Å². The van der Waals surface area contributed by atoms with E-state index in [4.69, 9.17) is 4.74 Å². The van der Waals surface area contributed by atoms with Crippen molar-refractivity contribution < 1.29 is 22.7 Å². The third-order valence-corrected chi connectivity index (χ3v) is 6.20. The number of benzene rings is 2. The molecule has 0 spiro atoms. The van der Waals surface area contributed by atoms with Gasteiger partial charge in [-0.3, -0.25) is 9.69 Å². The molecule has 0 bridgehead atoms. The first-order valence-electron chi connectivity index (χ1n) is 9.94. The van der Waals surface area contributed by atoms with Crippen molar-refractivity contribution in [3.63, 3.8) is 0 Å². The minimum absolute atomic E-state index is 0.105. The predicted molar refractivity (Wildman–Crippen MR) is 104 cm³/mol. The van der Waals surface area contributed by atoms with Crippen molar-refractivity contribution in [1.29, 1.82) is 0 Å². The molecule has 29 heavy (non-hydrogen) atoms. The van der Waals surface area contributed by atoms with Crippen LogP contribution in [-0.2, 0) is 13.0 Å². The summed E-state index contributed by atoms with van der Waals surface area (Å²) in [7, 11) is 1.38. The number of halogens is 3. The summed E-state index contributed by atoms with van der Waals surface area (Å²) in [6.45, 7) is 1.48. The van der Waals surface area contributed by atoms with Crippen LogP contribution in [0.1, 0.15) is 40.7 Å². The first-order chi connectivity index (χ1) is 13.9. The maximum atomic E-state index is 15.5. The molecule has 1 atom stereocenters. The first kappa shape index (κ1) is 20.0. The van der Waals surface area contributed by atoms with Crippen molar-refractivity contribution in [3.8, 4) is 5.75 Å². The van der Waals surface area contributed by atoms with Crippen molar-refractivity contribution in [2.75, 3.05) is 20.2 Å². The van der Waals surface area contributed by atoms with Gasteiger partial charge in [-0.1, -0.05) is 18.2 Å². The number of Topliss-reactive ketones (excluding diaryl/α,β-unsaturated/α-hetero) is 1. The van der Waals surface area contributed by atoms with Crippen LogP contribution in [-0.4, -0.2) is 36.6 Å². The molecule has 0 saturated carbocycles. The molecule has 2 aromatic carbocycles. The Morgan fingerprint density at radius 3 is 2.55 bits per heavy atom. The molecule has 1 aliphatic carbocycles. The lowest BCUT2D eigenvalue weighted by molar-refractivity contribution is 0.0333. The zero-order chi connectivity index (χ0) is 20.6. The van der Waals surface area contributed by atoms with Gasteiger partial charge in [0.25, 0.3) is 0 Å². The molecular formula is C23H24F3NO2. The molecule has 4 rings (SSSR count). The Morgan fingerprint density at radius 1 is 1.14 bits per heavy atom. The monoisotopic (exact) mass is 403 g/mol. The van der Waals surface area contributed by atoms with Crippen molar-refractivity contribution in [1.82, 2.24) is 4.90 Å². The molecule has 2 aromatic rings. The van der Waals surface area contributed by atoms with E-state index in [0.717, 1.165) is 5.56 Å². The second-order valence-corrected chi connectivity index (χ2v) is 8.13. The average Bonchev–Trinajstić information content (AvgIpc) is 2.99. The zero-order valence-electron chi connectivity index (χ0n) is 16.4. The first-order valence-corrected chi connectivity index (χ1v) is 9.94. The van der Waals surface area contributed by atoms with E-state index in [2.05, 4.69) is 0 Å². The molecule has 6 heteroatoms. The quantitative estimate of drug-likeness (QED) is 0.723. The normalized spacial score (nSPS) is 21.2. The fraction of sp³-hybridized carbons (Fsp3) is 0.435. The number of piperidine rings is 1. The van der Waals surface area contributed by atoms with Gasteiger partial charge < -0.3 is 4.74 Å². The lowest BCUT2D eigenvalue weighted by Gasteiger charge is -2.37. The second-order valence-electron chi connectivity index (χ2n) is 8.13. The van der Waals surface area contributed by atoms with Crippen LogP contribution >= 0.6 is 0 Å². The lowest BCUT2D eigenvalue weighted by atomic mass is 9.82. The summed E-state index contributed by atoms with van der Waals surface area (Å²) in [4.78, 5) is 14.7. The Bertz CT molecular complexity index is 922. The summed E-state index contributed by atoms with van der Waals surface area (Å²) in [5.74, 6) is -1.38. The smallest absolute Gasteiger partial charge is 0.166 e. The third-order valence-electron chi connectivity index (χ3n) is 6.20. The van der Waals surface area contributed by atoms with Crippen molar-refractivity contribution in [2.45, 2.75) is 37.9 Å². The van der Waals surface area contributed by atoms with Crippen LogP contribution in [0.3, 0.4) is 0 Å². The molecule has 1 heterocycles. The largest absolute Gasteiger partial charge is 0.494 e. The highest BCUT2D eigenvalue weighted by molar-refractivity contribution is 6.02. The fourth-order valence-electron chi connectivity index (χ4n) is 4.52. The van der Waals surface area contributed by atoms with Gasteiger partial charge in [-0.05, 0) is 49.4 Å². The molecule has 0 aromatic heterocycles. The minimum atomic E-state index is -1.43. The Balaban J connectivity index is 1.38. The topological polar surface area (TPSA) is 29.5 Å². The van der Waals surface area contributed by atoms with Crippen molar-refractivity contribution >= 4 is 5.78 Å². The number of methoxy groups -OCH3 is 1. The van der Waals surface area contributed by atoms with Crippen LogP contribution in [0.2, 0.25) is 0 Å². The van der Waals surface area contributed by atoms with Crippen molar-refractivity contribution in [3.05, 3.63) is 64.7 Å². The zero-order valence-corrected chi connectivity index (χ0v) is 16.4. The van der Waals surface area contributed by atoms with Crippen LogP contribution in [0.25, 0.3) is 0 Å². The number of hydrogen-bond donors (Lipinski definition) is 0. The number of rotatable bonds is 5. The van der Waals surface area contributed by atoms with E-state index in [-0.39, 0.29) is 23.8 Å². The van der Waals surface area contributed by atoms with E-state index in [1.165, 1.54) is 19.2 Å². The molecule has 154 valence electrons. The number of likely N-dealkylation sites (tertiary alicyclic amines) is 1. The Kier molecular flexibility index (Phi) is 5.38. The number of hydrogen-bond acceptors (Lipinski definition) is 3. The second kappa shape index (κ2) is 7.82. The number of fused-ring (bicyclic) bond motifs is 1. The highest BCUT2D eigenvalue weighted by Gasteiger charge is 2.41. The summed E-state index contributed by atoms with van der Waals surface area (Å²) in [6.07, 6.45) is 1.16. The summed E-state index contributed by atoms with van der Waals surface area (Å²) in [5.41, 5.74) is 0.237. The SMILES string of the molecule is COc1cc2c(cc1F)C(=O)C(CC1(F)CCN(Cc3ccccc3F)CC1)C2. The summed E-state index contributed by atoms with van der Waals surface area (Å²) in [5, 5.41) is 0. The van der Waals surface area contributed by atoms with Crippen molar-refractivity contribution in [2.24, 2.45) is 5.92 Å². The number of alkyl halides is 1. The van der Waals surface area contributed by atoms with E-state index in [0.29, 0.717) is 50.0 Å². The molecular weight excluding hydrogens is 379 g/mol. The van der Waals surface area contributed by atoms with E-state index in [1.54, 1.807) is 24.3 Å². The Morgan fingerprint density at radius 2 is 1.86 bits per heavy atom. The van der Waals surface area contributed by atoms with E-state index < -0.39 is 17.4 Å². The van der Waals surface area contributed by atoms with Crippen LogP contribution in [0, 0.1) is 17.6 Å². The van der Waals surface area contributed by atoms with Gasteiger partial charge in [-0.15, -0.1) is 0 Å². The fourth-order valence-corrected chi connectivity index (χ4v) is 4.52. The van der Waals surface area contributed by atoms with E-state index in [9.17, 15) is 13.6 Å². The predicted octanol–water partition coefficient (Wildman–Crippen LogP) is 4.72. The van der Waals surface area contributed by atoms with Gasteiger partial charge in [0.15, 0.2) is 17.3 Å². The lowest BCUT2D eigenvalue weighted by Crippen LogP contribution is -2.43. The van der Waals surface area contributed by atoms with Gasteiger partial charge in [0.2, 0.25) is 0 Å². The maximum Gasteiger partial charge on any atom is 0.166 e. The summed E-state index contributed by atoms with van der Waals surface area (Å²) >= 11 is 0.